The van der Waals surface area contributed by atoms with Crippen LogP contribution in [0.15, 0.2) is 24.2 Å². The van der Waals surface area contributed by atoms with Crippen LogP contribution >= 0.6 is 0 Å². The van der Waals surface area contributed by atoms with Crippen LogP contribution < -0.4 is 4.74 Å². The van der Waals surface area contributed by atoms with Gasteiger partial charge in [-0.2, -0.15) is 0 Å². The van der Waals surface area contributed by atoms with E-state index < -0.39 is 0 Å². The van der Waals surface area contributed by atoms with Crippen molar-refractivity contribution in [1.29, 1.82) is 0 Å². The highest BCUT2D eigenvalue weighted by molar-refractivity contribution is 5.96. The molecule has 3 atom stereocenters. The lowest BCUT2D eigenvalue weighted by atomic mass is 9.80. The number of aryl methyl sites for hydroxylation is 2. The number of hydrogen-bond acceptors (Lipinski definition) is 4. The van der Waals surface area contributed by atoms with Crippen LogP contribution in [0, 0.1) is 26.7 Å². The number of hydrogen-bond donors (Lipinski definition) is 0. The zero-order valence-electron chi connectivity index (χ0n) is 14.9. The van der Waals surface area contributed by atoms with Gasteiger partial charge in [-0.1, -0.05) is 6.07 Å². The molecule has 0 N–H and O–H groups in total. The van der Waals surface area contributed by atoms with Crippen LogP contribution in [0.2, 0.25) is 0 Å². The molecular weight excluding hydrogens is 304 g/mol. The van der Waals surface area contributed by atoms with E-state index in [1.807, 2.05) is 33.8 Å². The van der Waals surface area contributed by atoms with Gasteiger partial charge in [0.2, 0.25) is 11.5 Å². The van der Waals surface area contributed by atoms with Crippen LogP contribution in [0.5, 0.6) is 5.75 Å². The van der Waals surface area contributed by atoms with Crippen molar-refractivity contribution in [3.63, 3.8) is 0 Å². The zero-order chi connectivity index (χ0) is 17.3. The van der Waals surface area contributed by atoms with Crippen LogP contribution in [-0.4, -0.2) is 24.6 Å². The number of ether oxygens (including phenoxy) is 3. The summed E-state index contributed by atoms with van der Waals surface area (Å²) in [6.07, 6.45) is 4.07. The maximum Gasteiger partial charge on any atom is 0.207 e. The molecule has 4 heteroatoms. The van der Waals surface area contributed by atoms with E-state index in [2.05, 4.69) is 6.07 Å². The first-order valence-electron chi connectivity index (χ1n) is 8.76. The lowest BCUT2D eigenvalue weighted by Gasteiger charge is -2.37. The van der Waals surface area contributed by atoms with Crippen LogP contribution in [-0.2, 0) is 14.3 Å². The minimum atomic E-state index is -0.118. The average molecular weight is 330 g/mol. The van der Waals surface area contributed by atoms with E-state index in [0.29, 0.717) is 12.4 Å². The molecule has 130 valence electrons. The van der Waals surface area contributed by atoms with Crippen molar-refractivity contribution in [2.75, 3.05) is 6.61 Å². The van der Waals surface area contributed by atoms with Gasteiger partial charge in [-0.15, -0.1) is 0 Å². The van der Waals surface area contributed by atoms with Gasteiger partial charge in [0.15, 0.2) is 0 Å². The van der Waals surface area contributed by atoms with E-state index >= 15 is 0 Å². The second-order valence-electron chi connectivity index (χ2n) is 6.82. The third kappa shape index (κ3) is 3.34. The first kappa shape index (κ1) is 17.0. The summed E-state index contributed by atoms with van der Waals surface area (Å²) in [5.41, 5.74) is 3.33. The molecule has 1 saturated carbocycles. The molecule has 3 rings (SSSR count). The largest absolute Gasteiger partial charge is 0.493 e. The standard InChI is InChI=1S/C20H26O4/c1-5-22-15-6-7-16-18(10-15)23-11-19(20(16)21)24-17-9-12(2)8-13(3)14(17)4/h8-9,11,15-16,18H,5-7,10H2,1-4H3. The van der Waals surface area contributed by atoms with E-state index in [-0.39, 0.29) is 23.9 Å². The first-order chi connectivity index (χ1) is 11.5. The van der Waals surface area contributed by atoms with Crippen LogP contribution in [0.25, 0.3) is 0 Å². The molecule has 2 aliphatic rings. The fourth-order valence-corrected chi connectivity index (χ4v) is 3.62. The van der Waals surface area contributed by atoms with Gasteiger partial charge in [-0.05, 0) is 63.3 Å². The molecule has 1 aliphatic heterocycles. The first-order valence-corrected chi connectivity index (χ1v) is 8.76. The molecule has 3 unspecified atom stereocenters. The molecule has 24 heavy (non-hydrogen) atoms. The number of fused-ring (bicyclic) bond motifs is 1. The minimum Gasteiger partial charge on any atom is -0.493 e. The second-order valence-corrected chi connectivity index (χ2v) is 6.82. The van der Waals surface area contributed by atoms with Gasteiger partial charge in [0.25, 0.3) is 0 Å². The fraction of sp³-hybridized carbons (Fsp3) is 0.550. The SMILES string of the molecule is CCOC1CCC2C(=O)C(Oc3cc(C)cc(C)c3C)=COC2C1. The number of carbonyl (C=O) groups is 1. The Hall–Kier alpha value is -1.81. The van der Waals surface area contributed by atoms with E-state index in [1.54, 1.807) is 0 Å². The summed E-state index contributed by atoms with van der Waals surface area (Å²) in [5.74, 6) is 0.990. The van der Waals surface area contributed by atoms with E-state index in [1.165, 1.54) is 6.26 Å². The summed E-state index contributed by atoms with van der Waals surface area (Å²) in [4.78, 5) is 12.8. The molecule has 4 nitrogen and oxygen atoms in total. The maximum absolute atomic E-state index is 12.8. The van der Waals surface area contributed by atoms with Crippen molar-refractivity contribution < 1.29 is 19.0 Å². The highest BCUT2D eigenvalue weighted by Gasteiger charge is 2.41. The molecule has 0 amide bonds. The molecule has 0 bridgehead atoms. The smallest absolute Gasteiger partial charge is 0.207 e. The molecule has 1 aromatic rings. The average Bonchev–Trinajstić information content (AvgIpc) is 2.55. The molecule has 1 aliphatic carbocycles. The van der Waals surface area contributed by atoms with Crippen molar-refractivity contribution in [3.05, 3.63) is 40.8 Å². The Balaban J connectivity index is 1.76. The van der Waals surface area contributed by atoms with Gasteiger partial charge >= 0.3 is 0 Å². The summed E-state index contributed by atoms with van der Waals surface area (Å²) in [5, 5.41) is 0. The summed E-state index contributed by atoms with van der Waals surface area (Å²) < 4.78 is 17.5. The third-order valence-electron chi connectivity index (χ3n) is 5.06. The molecule has 0 spiro atoms. The molecule has 0 aromatic heterocycles. The Morgan fingerprint density at radius 2 is 2.00 bits per heavy atom. The zero-order valence-corrected chi connectivity index (χ0v) is 14.9. The molecule has 0 saturated heterocycles. The minimum absolute atomic E-state index is 0.0553. The summed E-state index contributed by atoms with van der Waals surface area (Å²) in [7, 11) is 0. The Morgan fingerprint density at radius 1 is 1.21 bits per heavy atom. The molecule has 1 aromatic carbocycles. The van der Waals surface area contributed by atoms with E-state index in [0.717, 1.165) is 41.7 Å². The molecular formula is C20H26O4. The van der Waals surface area contributed by atoms with Crippen molar-refractivity contribution in [3.8, 4) is 5.75 Å². The Morgan fingerprint density at radius 3 is 2.75 bits per heavy atom. The number of carbonyl (C=O) groups excluding carboxylic acids is 1. The third-order valence-corrected chi connectivity index (χ3v) is 5.06. The van der Waals surface area contributed by atoms with Crippen molar-refractivity contribution >= 4 is 5.78 Å². The fourth-order valence-electron chi connectivity index (χ4n) is 3.62. The van der Waals surface area contributed by atoms with Crippen LogP contribution in [0.4, 0.5) is 0 Å². The quantitative estimate of drug-likeness (QED) is 0.837. The topological polar surface area (TPSA) is 44.8 Å². The number of ketones is 1. The van der Waals surface area contributed by atoms with Crippen molar-refractivity contribution in [2.24, 2.45) is 5.92 Å². The van der Waals surface area contributed by atoms with Gasteiger partial charge < -0.3 is 14.2 Å². The molecule has 1 heterocycles. The number of rotatable bonds is 4. The Kier molecular flexibility index (Phi) is 4.95. The van der Waals surface area contributed by atoms with Crippen LogP contribution in [0.1, 0.15) is 42.9 Å². The van der Waals surface area contributed by atoms with Gasteiger partial charge in [0.1, 0.15) is 18.1 Å². The van der Waals surface area contributed by atoms with Gasteiger partial charge in [-0.25, -0.2) is 0 Å². The van der Waals surface area contributed by atoms with Gasteiger partial charge in [0.05, 0.1) is 12.0 Å². The molecule has 1 fully saturated rings. The number of Topliss-reactive ketones (excluding diaryl/α,β-unsaturated/α-hetero) is 1. The van der Waals surface area contributed by atoms with E-state index in [9.17, 15) is 4.79 Å². The van der Waals surface area contributed by atoms with Gasteiger partial charge in [-0.3, -0.25) is 4.79 Å². The lowest BCUT2D eigenvalue weighted by molar-refractivity contribution is -0.133. The number of benzene rings is 1. The number of allylic oxidation sites excluding steroid dienone is 1. The predicted octanol–water partition coefficient (Wildman–Crippen LogP) is 4.01. The summed E-state index contributed by atoms with van der Waals surface area (Å²) in [6, 6.07) is 4.08. The lowest BCUT2D eigenvalue weighted by Crippen LogP contribution is -2.42. The summed E-state index contributed by atoms with van der Waals surface area (Å²) >= 11 is 0. The second kappa shape index (κ2) is 6.98. The monoisotopic (exact) mass is 330 g/mol. The highest BCUT2D eigenvalue weighted by Crippen LogP contribution is 2.35. The normalized spacial score (nSPS) is 26.4. The Labute approximate surface area is 143 Å². The summed E-state index contributed by atoms with van der Waals surface area (Å²) in [6.45, 7) is 8.78. The Bertz CT molecular complexity index is 662. The van der Waals surface area contributed by atoms with Crippen LogP contribution in [0.3, 0.4) is 0 Å². The predicted molar refractivity (Wildman–Crippen MR) is 92.0 cm³/mol. The molecule has 0 radical (unpaired) electrons. The highest BCUT2D eigenvalue weighted by atomic mass is 16.5. The van der Waals surface area contributed by atoms with Gasteiger partial charge in [0, 0.05) is 13.0 Å². The van der Waals surface area contributed by atoms with Crippen molar-refractivity contribution in [2.45, 2.75) is 59.2 Å². The van der Waals surface area contributed by atoms with Crippen molar-refractivity contribution in [1.82, 2.24) is 0 Å². The maximum atomic E-state index is 12.8. The van der Waals surface area contributed by atoms with E-state index in [4.69, 9.17) is 14.2 Å².